The molecule has 0 aliphatic heterocycles. The maximum absolute atomic E-state index is 14.7. The van der Waals surface area contributed by atoms with Gasteiger partial charge in [0.2, 0.25) is 5.91 Å². The molecule has 0 spiro atoms. The van der Waals surface area contributed by atoms with Crippen LogP contribution < -0.4 is 5.32 Å². The summed E-state index contributed by atoms with van der Waals surface area (Å²) in [6, 6.07) is 9.44. The van der Waals surface area contributed by atoms with Gasteiger partial charge in [-0.05, 0) is 80.6 Å². The van der Waals surface area contributed by atoms with E-state index in [1.807, 2.05) is 31.2 Å². The Morgan fingerprint density at radius 3 is 2.85 bits per heavy atom. The van der Waals surface area contributed by atoms with Crippen molar-refractivity contribution in [2.45, 2.75) is 24.9 Å². The third kappa shape index (κ3) is 4.48. The van der Waals surface area contributed by atoms with Gasteiger partial charge in [-0.15, -0.1) is 0 Å². The Morgan fingerprint density at radius 1 is 1.31 bits per heavy atom. The summed E-state index contributed by atoms with van der Waals surface area (Å²) in [5, 5.41) is 2.70. The second kappa shape index (κ2) is 7.84. The highest BCUT2D eigenvalue weighted by Crippen LogP contribution is 2.56. The number of allylic oxidation sites excluding steroid dienone is 3. The van der Waals surface area contributed by atoms with E-state index < -0.39 is 5.67 Å². The number of rotatable bonds is 5. The predicted molar refractivity (Wildman–Crippen MR) is 109 cm³/mol. The summed E-state index contributed by atoms with van der Waals surface area (Å²) in [4.78, 5) is 16.0. The van der Waals surface area contributed by atoms with Crippen LogP contribution in [0.1, 0.15) is 23.5 Å². The molecule has 26 heavy (non-hydrogen) atoms. The molecule has 3 nitrogen and oxygen atoms in total. The van der Waals surface area contributed by atoms with Crippen LogP contribution in [0.3, 0.4) is 0 Å². The van der Waals surface area contributed by atoms with Crippen LogP contribution in [0.25, 0.3) is 0 Å². The average Bonchev–Trinajstić information content (AvgIpc) is 3.28. The van der Waals surface area contributed by atoms with Crippen molar-refractivity contribution in [3.63, 3.8) is 0 Å². The zero-order chi connectivity index (χ0) is 18.7. The standard InChI is InChI=1S/C20H17Br2FN2O/c1-13-5-4-10-24-19(13)25-18(26)6-2-3-9-20(23)12-15(20)14-7-8-16(21)17(22)11-14/h2-11,15H,12H2,1H3,(H,24,25,26)/b6-2+,9-3+. The van der Waals surface area contributed by atoms with E-state index in [2.05, 4.69) is 42.2 Å². The molecule has 1 heterocycles. The lowest BCUT2D eigenvalue weighted by Gasteiger charge is -2.04. The van der Waals surface area contributed by atoms with Crippen LogP contribution in [0, 0.1) is 6.92 Å². The number of aryl methyl sites for hydroxylation is 1. The Kier molecular flexibility index (Phi) is 5.73. The normalized spacial score (nSPS) is 22.1. The summed E-state index contributed by atoms with van der Waals surface area (Å²) in [5.41, 5.74) is 0.486. The zero-order valence-electron chi connectivity index (χ0n) is 14.0. The van der Waals surface area contributed by atoms with E-state index in [4.69, 9.17) is 0 Å². The number of nitrogens with one attached hydrogen (secondary N) is 1. The predicted octanol–water partition coefficient (Wildman–Crippen LogP) is 5.86. The molecule has 2 atom stereocenters. The van der Waals surface area contributed by atoms with Gasteiger partial charge in [0.05, 0.1) is 0 Å². The smallest absolute Gasteiger partial charge is 0.249 e. The highest BCUT2D eigenvalue weighted by atomic mass is 79.9. The van der Waals surface area contributed by atoms with Gasteiger partial charge in [0.25, 0.3) is 0 Å². The minimum atomic E-state index is -1.36. The molecule has 1 aromatic carbocycles. The molecule has 1 amide bonds. The third-order valence-corrected chi connectivity index (χ3v) is 6.14. The molecule has 134 valence electrons. The Labute approximate surface area is 168 Å². The van der Waals surface area contributed by atoms with E-state index in [0.29, 0.717) is 12.2 Å². The van der Waals surface area contributed by atoms with E-state index in [9.17, 15) is 9.18 Å². The highest BCUT2D eigenvalue weighted by molar-refractivity contribution is 9.13. The number of benzene rings is 1. The number of aromatic nitrogens is 1. The number of hydrogen-bond donors (Lipinski definition) is 1. The molecular formula is C20H17Br2FN2O. The topological polar surface area (TPSA) is 42.0 Å². The molecule has 0 bridgehead atoms. The molecule has 1 saturated carbocycles. The van der Waals surface area contributed by atoms with Crippen LogP contribution in [0.5, 0.6) is 0 Å². The minimum absolute atomic E-state index is 0.151. The number of anilines is 1. The fourth-order valence-corrected chi connectivity index (χ4v) is 3.34. The van der Waals surface area contributed by atoms with Crippen molar-refractivity contribution in [1.82, 2.24) is 4.98 Å². The molecule has 1 aromatic heterocycles. The molecule has 3 rings (SSSR count). The highest BCUT2D eigenvalue weighted by Gasteiger charge is 2.54. The summed E-state index contributed by atoms with van der Waals surface area (Å²) >= 11 is 6.86. The van der Waals surface area contributed by atoms with Crippen LogP contribution in [-0.2, 0) is 4.79 Å². The lowest BCUT2D eigenvalue weighted by atomic mass is 10.1. The molecule has 1 fully saturated rings. The van der Waals surface area contributed by atoms with Crippen LogP contribution in [0.2, 0.25) is 0 Å². The first-order valence-corrected chi connectivity index (χ1v) is 9.70. The molecule has 1 N–H and O–H groups in total. The summed E-state index contributed by atoms with van der Waals surface area (Å²) in [7, 11) is 0. The van der Waals surface area contributed by atoms with E-state index in [0.717, 1.165) is 20.1 Å². The minimum Gasteiger partial charge on any atom is -0.307 e. The van der Waals surface area contributed by atoms with Gasteiger partial charge in [-0.1, -0.05) is 24.3 Å². The van der Waals surface area contributed by atoms with Crippen LogP contribution in [-0.4, -0.2) is 16.6 Å². The van der Waals surface area contributed by atoms with Gasteiger partial charge in [-0.25, -0.2) is 9.37 Å². The third-order valence-electron chi connectivity index (χ3n) is 4.27. The van der Waals surface area contributed by atoms with Crippen molar-refractivity contribution in [1.29, 1.82) is 0 Å². The fourth-order valence-electron chi connectivity index (χ4n) is 2.70. The average molecular weight is 480 g/mol. The van der Waals surface area contributed by atoms with Crippen molar-refractivity contribution in [2.75, 3.05) is 5.32 Å². The van der Waals surface area contributed by atoms with Gasteiger partial charge >= 0.3 is 0 Å². The monoisotopic (exact) mass is 478 g/mol. The van der Waals surface area contributed by atoms with Crippen molar-refractivity contribution in [3.05, 3.63) is 80.9 Å². The van der Waals surface area contributed by atoms with Crippen LogP contribution >= 0.6 is 31.9 Å². The summed E-state index contributed by atoms with van der Waals surface area (Å²) in [6.07, 6.45) is 8.07. The number of nitrogens with zero attached hydrogens (tertiary/aromatic N) is 1. The SMILES string of the molecule is Cc1cccnc1NC(=O)/C=C/C=C/C1(F)CC1c1ccc(Br)c(Br)c1. The Morgan fingerprint density at radius 2 is 2.12 bits per heavy atom. The van der Waals surface area contributed by atoms with E-state index in [1.165, 1.54) is 12.2 Å². The van der Waals surface area contributed by atoms with Gasteiger partial charge in [-0.2, -0.15) is 0 Å². The van der Waals surface area contributed by atoms with E-state index in [-0.39, 0.29) is 11.8 Å². The molecule has 0 radical (unpaired) electrons. The molecule has 2 aromatic rings. The van der Waals surface area contributed by atoms with E-state index >= 15 is 0 Å². The Hall–Kier alpha value is -1.79. The fraction of sp³-hybridized carbons (Fsp3) is 0.200. The van der Waals surface area contributed by atoms with Crippen molar-refractivity contribution < 1.29 is 9.18 Å². The zero-order valence-corrected chi connectivity index (χ0v) is 17.2. The van der Waals surface area contributed by atoms with Crippen LogP contribution in [0.15, 0.2) is 69.8 Å². The van der Waals surface area contributed by atoms with Crippen molar-refractivity contribution in [3.8, 4) is 0 Å². The molecule has 2 unspecified atom stereocenters. The molecular weight excluding hydrogens is 463 g/mol. The Bertz CT molecular complexity index is 897. The number of pyridine rings is 1. The summed E-state index contributed by atoms with van der Waals surface area (Å²) in [5.74, 6) is 0.0752. The number of halogens is 3. The molecule has 0 saturated heterocycles. The lowest BCUT2D eigenvalue weighted by Crippen LogP contribution is -2.10. The van der Waals surface area contributed by atoms with Gasteiger partial charge in [0, 0.05) is 27.1 Å². The van der Waals surface area contributed by atoms with Crippen molar-refractivity contribution in [2.24, 2.45) is 0 Å². The number of hydrogen-bond acceptors (Lipinski definition) is 2. The van der Waals surface area contributed by atoms with E-state index in [1.54, 1.807) is 24.4 Å². The maximum atomic E-state index is 14.7. The van der Waals surface area contributed by atoms with Crippen LogP contribution in [0.4, 0.5) is 10.2 Å². The second-order valence-electron chi connectivity index (χ2n) is 6.23. The molecule has 1 aliphatic carbocycles. The summed E-state index contributed by atoms with van der Waals surface area (Å²) in [6.45, 7) is 1.87. The number of carbonyl (C=O) groups excluding carboxylic acids is 1. The van der Waals surface area contributed by atoms with Gasteiger partial charge in [0.15, 0.2) is 0 Å². The van der Waals surface area contributed by atoms with Crippen molar-refractivity contribution >= 4 is 43.6 Å². The van der Waals surface area contributed by atoms with Gasteiger partial charge < -0.3 is 5.32 Å². The Balaban J connectivity index is 1.57. The lowest BCUT2D eigenvalue weighted by molar-refractivity contribution is -0.111. The first-order chi connectivity index (χ1) is 12.4. The van der Waals surface area contributed by atoms with Gasteiger partial charge in [0.1, 0.15) is 11.5 Å². The molecule has 6 heteroatoms. The number of amides is 1. The quantitative estimate of drug-likeness (QED) is 0.431. The number of carbonyl (C=O) groups is 1. The maximum Gasteiger partial charge on any atom is 0.249 e. The molecule has 1 aliphatic rings. The first kappa shape index (κ1) is 19.0. The summed E-state index contributed by atoms with van der Waals surface area (Å²) < 4.78 is 16.6. The first-order valence-electron chi connectivity index (χ1n) is 8.11. The largest absolute Gasteiger partial charge is 0.307 e. The second-order valence-corrected chi connectivity index (χ2v) is 7.94. The number of alkyl halides is 1. The van der Waals surface area contributed by atoms with Gasteiger partial charge in [-0.3, -0.25) is 4.79 Å².